The molecule has 1 aliphatic rings. The summed E-state index contributed by atoms with van der Waals surface area (Å²) in [6.45, 7) is 3.78. The number of rotatable bonds is 4. The van der Waals surface area contributed by atoms with Crippen molar-refractivity contribution in [1.82, 2.24) is 10.6 Å². The number of hydrogen-bond donors (Lipinski definition) is 3. The average Bonchev–Trinajstić information content (AvgIpc) is 2.39. The number of nitrogens with two attached hydrogens (primary N) is 1. The van der Waals surface area contributed by atoms with Crippen LogP contribution in [0.3, 0.4) is 0 Å². The van der Waals surface area contributed by atoms with Gasteiger partial charge in [0, 0.05) is 18.6 Å². The summed E-state index contributed by atoms with van der Waals surface area (Å²) in [5.41, 5.74) is 7.38. The van der Waals surface area contributed by atoms with Crippen LogP contribution in [0.2, 0.25) is 0 Å². The highest BCUT2D eigenvalue weighted by Gasteiger charge is 2.29. The molecule has 4 N–H and O–H groups in total. The highest BCUT2D eigenvalue weighted by Crippen LogP contribution is 2.17. The molecule has 0 unspecified atom stereocenters. The van der Waals surface area contributed by atoms with E-state index in [1.165, 1.54) is 5.56 Å². The van der Waals surface area contributed by atoms with Crippen molar-refractivity contribution in [3.05, 3.63) is 35.9 Å². The second-order valence-electron chi connectivity index (χ2n) is 4.57. The van der Waals surface area contributed by atoms with Gasteiger partial charge in [-0.15, -0.1) is 0 Å². The predicted octanol–water partition coefficient (Wildman–Crippen LogP) is 0.857. The summed E-state index contributed by atoms with van der Waals surface area (Å²) in [4.78, 5) is 0. The maximum absolute atomic E-state index is 5.91. The first-order valence-electron chi connectivity index (χ1n) is 6.04. The highest BCUT2D eigenvalue weighted by molar-refractivity contribution is 5.15. The molecular formula is C13H21N3. The summed E-state index contributed by atoms with van der Waals surface area (Å²) in [7, 11) is 0. The molecular weight excluding hydrogens is 198 g/mol. The van der Waals surface area contributed by atoms with Gasteiger partial charge in [0.15, 0.2) is 0 Å². The van der Waals surface area contributed by atoms with Crippen molar-refractivity contribution in [2.75, 3.05) is 19.6 Å². The van der Waals surface area contributed by atoms with Crippen molar-refractivity contribution in [2.24, 2.45) is 5.73 Å². The third kappa shape index (κ3) is 2.82. The van der Waals surface area contributed by atoms with Gasteiger partial charge in [-0.25, -0.2) is 0 Å². The molecule has 2 rings (SSSR count). The molecule has 1 aromatic carbocycles. The van der Waals surface area contributed by atoms with Crippen LogP contribution in [0.5, 0.6) is 0 Å². The van der Waals surface area contributed by atoms with Gasteiger partial charge in [-0.2, -0.15) is 0 Å². The van der Waals surface area contributed by atoms with Crippen molar-refractivity contribution in [3.63, 3.8) is 0 Å². The van der Waals surface area contributed by atoms with Crippen LogP contribution in [0.4, 0.5) is 0 Å². The van der Waals surface area contributed by atoms with Gasteiger partial charge in [-0.1, -0.05) is 30.3 Å². The Morgan fingerprint density at radius 3 is 2.50 bits per heavy atom. The summed E-state index contributed by atoms with van der Waals surface area (Å²) in [5.74, 6) is 0. The Hall–Kier alpha value is -0.900. The van der Waals surface area contributed by atoms with Gasteiger partial charge in [0.05, 0.1) is 0 Å². The standard InChI is InChI=1S/C13H21N3/c14-11-13(6-8-15-9-7-13)16-10-12-4-2-1-3-5-12/h1-5,15-16H,6-11,14H2. The van der Waals surface area contributed by atoms with E-state index in [1.807, 2.05) is 6.07 Å². The SMILES string of the molecule is NCC1(NCc2ccccc2)CCNCC1. The molecule has 3 heteroatoms. The molecule has 0 aliphatic carbocycles. The van der Waals surface area contributed by atoms with E-state index in [9.17, 15) is 0 Å². The Kier molecular flexibility index (Phi) is 3.93. The zero-order valence-electron chi connectivity index (χ0n) is 9.71. The lowest BCUT2D eigenvalue weighted by molar-refractivity contribution is 0.248. The second kappa shape index (κ2) is 5.43. The van der Waals surface area contributed by atoms with Crippen molar-refractivity contribution >= 4 is 0 Å². The van der Waals surface area contributed by atoms with Gasteiger partial charge in [-0.3, -0.25) is 0 Å². The quantitative estimate of drug-likeness (QED) is 0.704. The van der Waals surface area contributed by atoms with E-state index in [2.05, 4.69) is 34.9 Å². The Balaban J connectivity index is 1.92. The van der Waals surface area contributed by atoms with Crippen LogP contribution in [0.15, 0.2) is 30.3 Å². The minimum atomic E-state index is 0.140. The van der Waals surface area contributed by atoms with Gasteiger partial charge >= 0.3 is 0 Å². The monoisotopic (exact) mass is 219 g/mol. The largest absolute Gasteiger partial charge is 0.329 e. The Morgan fingerprint density at radius 2 is 1.88 bits per heavy atom. The lowest BCUT2D eigenvalue weighted by Gasteiger charge is -2.37. The fraction of sp³-hybridized carbons (Fsp3) is 0.538. The van der Waals surface area contributed by atoms with Crippen molar-refractivity contribution in [3.8, 4) is 0 Å². The second-order valence-corrected chi connectivity index (χ2v) is 4.57. The van der Waals surface area contributed by atoms with Crippen molar-refractivity contribution in [1.29, 1.82) is 0 Å². The zero-order chi connectivity index (χ0) is 11.3. The molecule has 0 spiro atoms. The molecule has 1 fully saturated rings. The van der Waals surface area contributed by atoms with Crippen molar-refractivity contribution < 1.29 is 0 Å². The normalized spacial score (nSPS) is 19.6. The summed E-state index contributed by atoms with van der Waals surface area (Å²) in [6, 6.07) is 10.5. The summed E-state index contributed by atoms with van der Waals surface area (Å²) in [6.07, 6.45) is 2.24. The smallest absolute Gasteiger partial charge is 0.0331 e. The molecule has 1 saturated heterocycles. The van der Waals surface area contributed by atoms with E-state index in [-0.39, 0.29) is 5.54 Å². The molecule has 0 atom stereocenters. The molecule has 0 aromatic heterocycles. The number of piperidine rings is 1. The summed E-state index contributed by atoms with van der Waals surface area (Å²) < 4.78 is 0. The van der Waals surface area contributed by atoms with Crippen LogP contribution >= 0.6 is 0 Å². The Labute approximate surface area is 97.4 Å². The van der Waals surface area contributed by atoms with E-state index in [1.54, 1.807) is 0 Å². The predicted molar refractivity (Wildman–Crippen MR) is 67.2 cm³/mol. The molecule has 1 aromatic rings. The first kappa shape index (κ1) is 11.6. The minimum Gasteiger partial charge on any atom is -0.329 e. The van der Waals surface area contributed by atoms with Crippen LogP contribution in [-0.2, 0) is 6.54 Å². The average molecular weight is 219 g/mol. The van der Waals surface area contributed by atoms with Gasteiger partial charge in [0.25, 0.3) is 0 Å². The van der Waals surface area contributed by atoms with Crippen LogP contribution in [0.25, 0.3) is 0 Å². The first-order valence-corrected chi connectivity index (χ1v) is 6.04. The summed E-state index contributed by atoms with van der Waals surface area (Å²) >= 11 is 0. The lowest BCUT2D eigenvalue weighted by atomic mass is 9.88. The third-order valence-electron chi connectivity index (χ3n) is 3.46. The molecule has 0 saturated carbocycles. The molecule has 0 bridgehead atoms. The fourth-order valence-corrected chi connectivity index (χ4v) is 2.24. The Morgan fingerprint density at radius 1 is 1.19 bits per heavy atom. The van der Waals surface area contributed by atoms with E-state index in [0.717, 1.165) is 39.0 Å². The molecule has 16 heavy (non-hydrogen) atoms. The van der Waals surface area contributed by atoms with Gasteiger partial charge in [0.2, 0.25) is 0 Å². The van der Waals surface area contributed by atoms with E-state index < -0.39 is 0 Å². The van der Waals surface area contributed by atoms with Gasteiger partial charge in [0.1, 0.15) is 0 Å². The molecule has 3 nitrogen and oxygen atoms in total. The fourth-order valence-electron chi connectivity index (χ4n) is 2.24. The number of nitrogens with one attached hydrogen (secondary N) is 2. The Bertz CT molecular complexity index is 304. The van der Waals surface area contributed by atoms with Crippen LogP contribution in [-0.4, -0.2) is 25.2 Å². The molecule has 88 valence electrons. The van der Waals surface area contributed by atoms with E-state index in [4.69, 9.17) is 5.73 Å². The number of hydrogen-bond acceptors (Lipinski definition) is 3. The van der Waals surface area contributed by atoms with Crippen LogP contribution < -0.4 is 16.4 Å². The molecule has 0 amide bonds. The molecule has 0 radical (unpaired) electrons. The van der Waals surface area contributed by atoms with E-state index in [0.29, 0.717) is 0 Å². The molecule has 1 heterocycles. The van der Waals surface area contributed by atoms with Crippen molar-refractivity contribution in [2.45, 2.75) is 24.9 Å². The van der Waals surface area contributed by atoms with Gasteiger partial charge < -0.3 is 16.4 Å². The molecule has 1 aliphatic heterocycles. The minimum absolute atomic E-state index is 0.140. The maximum Gasteiger partial charge on any atom is 0.0331 e. The third-order valence-corrected chi connectivity index (χ3v) is 3.46. The summed E-state index contributed by atoms with van der Waals surface area (Å²) in [5, 5.41) is 7.01. The van der Waals surface area contributed by atoms with Crippen LogP contribution in [0.1, 0.15) is 18.4 Å². The number of benzene rings is 1. The topological polar surface area (TPSA) is 50.1 Å². The van der Waals surface area contributed by atoms with Crippen LogP contribution in [0, 0.1) is 0 Å². The highest BCUT2D eigenvalue weighted by atomic mass is 15.0. The first-order chi connectivity index (χ1) is 7.85. The lowest BCUT2D eigenvalue weighted by Crippen LogP contribution is -2.56. The zero-order valence-corrected chi connectivity index (χ0v) is 9.71. The van der Waals surface area contributed by atoms with Gasteiger partial charge in [-0.05, 0) is 31.5 Å². The van der Waals surface area contributed by atoms with E-state index >= 15 is 0 Å². The maximum atomic E-state index is 5.91.